The van der Waals surface area contributed by atoms with Gasteiger partial charge in [0.15, 0.2) is 0 Å². The lowest BCUT2D eigenvalue weighted by atomic mass is 10.1. The lowest BCUT2D eigenvalue weighted by Gasteiger charge is -2.22. The third-order valence-corrected chi connectivity index (χ3v) is 3.96. The van der Waals surface area contributed by atoms with E-state index in [4.69, 9.17) is 4.74 Å². The second kappa shape index (κ2) is 6.65. The van der Waals surface area contributed by atoms with Gasteiger partial charge in [-0.2, -0.15) is 0 Å². The van der Waals surface area contributed by atoms with E-state index in [9.17, 15) is 4.79 Å². The molecule has 0 radical (unpaired) electrons. The van der Waals surface area contributed by atoms with E-state index in [1.807, 2.05) is 54.3 Å². The van der Waals surface area contributed by atoms with Crippen molar-refractivity contribution in [3.63, 3.8) is 0 Å². The predicted octanol–water partition coefficient (Wildman–Crippen LogP) is 3.43. The summed E-state index contributed by atoms with van der Waals surface area (Å²) in [5.41, 5.74) is 2.29. The molecule has 1 amide bonds. The number of nitrogens with zero attached hydrogens (tertiary/aromatic N) is 1. The molecule has 0 aliphatic carbocycles. The van der Waals surface area contributed by atoms with Crippen molar-refractivity contribution in [3.05, 3.63) is 65.7 Å². The predicted molar refractivity (Wildman–Crippen MR) is 86.7 cm³/mol. The number of amides is 1. The van der Waals surface area contributed by atoms with E-state index < -0.39 is 0 Å². The third-order valence-electron chi connectivity index (χ3n) is 3.96. The lowest BCUT2D eigenvalue weighted by Crippen LogP contribution is -2.36. The van der Waals surface area contributed by atoms with Crippen LogP contribution in [0.2, 0.25) is 0 Å². The van der Waals surface area contributed by atoms with Gasteiger partial charge in [-0.1, -0.05) is 48.5 Å². The number of carbonyl (C=O) groups excluding carboxylic acids is 1. The van der Waals surface area contributed by atoms with Crippen LogP contribution in [0.1, 0.15) is 24.5 Å². The largest absolute Gasteiger partial charge is 0.489 e. The minimum atomic E-state index is 0.0179. The van der Waals surface area contributed by atoms with Gasteiger partial charge in [0.2, 0.25) is 5.91 Å². The smallest absolute Gasteiger partial charge is 0.223 e. The van der Waals surface area contributed by atoms with Crippen molar-refractivity contribution in [2.24, 2.45) is 0 Å². The maximum atomic E-state index is 12.5. The van der Waals surface area contributed by atoms with Crippen molar-refractivity contribution in [2.75, 3.05) is 6.54 Å². The van der Waals surface area contributed by atoms with Crippen molar-refractivity contribution < 1.29 is 9.53 Å². The maximum Gasteiger partial charge on any atom is 0.223 e. The number of hydrogen-bond donors (Lipinski definition) is 0. The first-order chi connectivity index (χ1) is 10.7. The average Bonchev–Trinajstić information content (AvgIpc) is 2.71. The summed E-state index contributed by atoms with van der Waals surface area (Å²) < 4.78 is 5.91. The molecule has 1 atom stereocenters. The molecule has 0 spiro atoms. The number of hydrogen-bond acceptors (Lipinski definition) is 2. The van der Waals surface area contributed by atoms with Crippen molar-refractivity contribution in [3.8, 4) is 5.75 Å². The number of aryl methyl sites for hydroxylation is 1. The molecule has 0 fully saturated rings. The molecule has 2 aromatic carbocycles. The van der Waals surface area contributed by atoms with Gasteiger partial charge in [-0.05, 0) is 25.0 Å². The quantitative estimate of drug-likeness (QED) is 0.868. The molecule has 1 aliphatic rings. The Balaban J connectivity index is 1.67. The Bertz CT molecular complexity index is 639. The number of benzene rings is 2. The highest BCUT2D eigenvalue weighted by Gasteiger charge is 2.23. The van der Waals surface area contributed by atoms with Crippen LogP contribution in [0.3, 0.4) is 0 Å². The zero-order valence-electron chi connectivity index (χ0n) is 12.9. The maximum absolute atomic E-state index is 12.5. The van der Waals surface area contributed by atoms with E-state index in [-0.39, 0.29) is 12.0 Å². The van der Waals surface area contributed by atoms with Gasteiger partial charge in [0, 0.05) is 18.5 Å². The summed E-state index contributed by atoms with van der Waals surface area (Å²) in [7, 11) is 0. The Morgan fingerprint density at radius 2 is 1.86 bits per heavy atom. The van der Waals surface area contributed by atoms with E-state index in [1.54, 1.807) is 0 Å². The van der Waals surface area contributed by atoms with Gasteiger partial charge >= 0.3 is 0 Å². The Hall–Kier alpha value is -2.29. The standard InChI is InChI=1S/C19H21NO2/c1-15-13-20(14-17-9-5-6-10-18(17)22-15)19(21)12-11-16-7-3-2-4-8-16/h2-10,15H,11-14H2,1H3. The van der Waals surface area contributed by atoms with E-state index in [1.165, 1.54) is 5.56 Å². The molecule has 22 heavy (non-hydrogen) atoms. The van der Waals surface area contributed by atoms with E-state index in [0.29, 0.717) is 19.5 Å². The topological polar surface area (TPSA) is 29.5 Å². The summed E-state index contributed by atoms with van der Waals surface area (Å²) >= 11 is 0. The van der Waals surface area contributed by atoms with E-state index in [0.717, 1.165) is 17.7 Å². The van der Waals surface area contributed by atoms with Crippen molar-refractivity contribution in [2.45, 2.75) is 32.4 Å². The zero-order valence-corrected chi connectivity index (χ0v) is 12.9. The van der Waals surface area contributed by atoms with Gasteiger partial charge in [0.1, 0.15) is 11.9 Å². The highest BCUT2D eigenvalue weighted by atomic mass is 16.5. The van der Waals surface area contributed by atoms with Gasteiger partial charge < -0.3 is 9.64 Å². The summed E-state index contributed by atoms with van der Waals surface area (Å²) in [5, 5.41) is 0. The van der Waals surface area contributed by atoms with Gasteiger partial charge in [-0.3, -0.25) is 4.79 Å². The minimum Gasteiger partial charge on any atom is -0.489 e. The molecule has 1 heterocycles. The summed E-state index contributed by atoms with van der Waals surface area (Å²) in [6.07, 6.45) is 1.34. The molecule has 114 valence electrons. The van der Waals surface area contributed by atoms with Gasteiger partial charge in [-0.15, -0.1) is 0 Å². The van der Waals surface area contributed by atoms with Gasteiger partial charge in [0.05, 0.1) is 6.54 Å². The monoisotopic (exact) mass is 295 g/mol. The Kier molecular flexibility index (Phi) is 4.42. The van der Waals surface area contributed by atoms with Gasteiger partial charge in [-0.25, -0.2) is 0 Å². The fourth-order valence-corrected chi connectivity index (χ4v) is 2.83. The first-order valence-electron chi connectivity index (χ1n) is 7.78. The molecule has 3 nitrogen and oxygen atoms in total. The van der Waals surface area contributed by atoms with Crippen LogP contribution in [-0.2, 0) is 17.8 Å². The summed E-state index contributed by atoms with van der Waals surface area (Å²) in [5.74, 6) is 1.09. The van der Waals surface area contributed by atoms with Crippen LogP contribution in [0.5, 0.6) is 5.75 Å². The molecule has 3 rings (SSSR count). The Morgan fingerprint density at radius 1 is 1.14 bits per heavy atom. The Labute approximate surface area is 131 Å². The molecule has 1 aliphatic heterocycles. The normalized spacial score (nSPS) is 17.3. The molecule has 1 unspecified atom stereocenters. The van der Waals surface area contributed by atoms with E-state index in [2.05, 4.69) is 12.1 Å². The second-order valence-corrected chi connectivity index (χ2v) is 5.80. The number of carbonyl (C=O) groups is 1. The fourth-order valence-electron chi connectivity index (χ4n) is 2.83. The number of ether oxygens (including phenoxy) is 1. The minimum absolute atomic E-state index is 0.0179. The van der Waals surface area contributed by atoms with Crippen LogP contribution >= 0.6 is 0 Å². The molecule has 2 aromatic rings. The first-order valence-corrected chi connectivity index (χ1v) is 7.78. The molecular formula is C19H21NO2. The SMILES string of the molecule is CC1CN(C(=O)CCc2ccccc2)Cc2ccccc2O1. The Morgan fingerprint density at radius 3 is 2.68 bits per heavy atom. The van der Waals surface area contributed by atoms with Crippen LogP contribution in [0.4, 0.5) is 0 Å². The lowest BCUT2D eigenvalue weighted by molar-refractivity contribution is -0.132. The average molecular weight is 295 g/mol. The van der Waals surface area contributed by atoms with Crippen LogP contribution in [-0.4, -0.2) is 23.5 Å². The molecular weight excluding hydrogens is 274 g/mol. The molecule has 0 saturated heterocycles. The molecule has 0 saturated carbocycles. The highest BCUT2D eigenvalue weighted by Crippen LogP contribution is 2.25. The molecule has 0 aromatic heterocycles. The number of para-hydroxylation sites is 1. The van der Waals surface area contributed by atoms with Crippen molar-refractivity contribution >= 4 is 5.91 Å². The van der Waals surface area contributed by atoms with Gasteiger partial charge in [0.25, 0.3) is 0 Å². The molecule has 0 bridgehead atoms. The summed E-state index contributed by atoms with van der Waals surface area (Å²) in [4.78, 5) is 14.5. The van der Waals surface area contributed by atoms with Crippen LogP contribution in [0.25, 0.3) is 0 Å². The van der Waals surface area contributed by atoms with Crippen LogP contribution in [0, 0.1) is 0 Å². The first kappa shape index (κ1) is 14.6. The van der Waals surface area contributed by atoms with Crippen molar-refractivity contribution in [1.82, 2.24) is 4.90 Å². The number of rotatable bonds is 3. The molecule has 3 heteroatoms. The van der Waals surface area contributed by atoms with Crippen LogP contribution in [0.15, 0.2) is 54.6 Å². The highest BCUT2D eigenvalue weighted by molar-refractivity contribution is 5.76. The van der Waals surface area contributed by atoms with E-state index >= 15 is 0 Å². The van der Waals surface area contributed by atoms with Crippen LogP contribution < -0.4 is 4.74 Å². The van der Waals surface area contributed by atoms with Crippen molar-refractivity contribution in [1.29, 1.82) is 0 Å². The molecule has 0 N–H and O–H groups in total. The fraction of sp³-hybridized carbons (Fsp3) is 0.316. The second-order valence-electron chi connectivity index (χ2n) is 5.80. The number of fused-ring (bicyclic) bond motifs is 1. The third kappa shape index (κ3) is 3.48. The zero-order chi connectivity index (χ0) is 15.4. The summed E-state index contributed by atoms with van der Waals surface area (Å²) in [6.45, 7) is 3.29. The summed E-state index contributed by atoms with van der Waals surface area (Å²) in [6, 6.07) is 18.1.